The maximum absolute atomic E-state index is 14.2. The zero-order valence-electron chi connectivity index (χ0n) is 24.2. The monoisotopic (exact) mass is 515 g/mol. The van der Waals surface area contributed by atoms with Gasteiger partial charge in [0.15, 0.2) is 0 Å². The zero-order valence-corrected chi connectivity index (χ0v) is 24.2. The number of rotatable bonds is 14. The fraction of sp³-hybridized carbons (Fsp3) is 0.633. The Morgan fingerprint density at radius 2 is 1.78 bits per heavy atom. The summed E-state index contributed by atoms with van der Waals surface area (Å²) in [6.07, 6.45) is 5.07. The summed E-state index contributed by atoms with van der Waals surface area (Å²) in [4.78, 5) is 42.2. The first-order valence-electron chi connectivity index (χ1n) is 13.7. The molecule has 3 atom stereocenters. The quantitative estimate of drug-likeness (QED) is 0.287. The van der Waals surface area contributed by atoms with Crippen molar-refractivity contribution in [3.63, 3.8) is 0 Å². The second kappa shape index (κ2) is 15.4. The number of hydrogen-bond donors (Lipinski definition) is 2. The number of carbonyl (C=O) groups excluding carboxylic acids is 3. The van der Waals surface area contributed by atoms with E-state index in [0.29, 0.717) is 24.9 Å². The molecule has 0 saturated heterocycles. The summed E-state index contributed by atoms with van der Waals surface area (Å²) in [5, 5.41) is 5.84. The molecule has 37 heavy (non-hydrogen) atoms. The van der Waals surface area contributed by atoms with E-state index in [1.165, 1.54) is 0 Å². The van der Waals surface area contributed by atoms with E-state index in [2.05, 4.69) is 24.1 Å². The lowest BCUT2D eigenvalue weighted by molar-refractivity contribution is -0.145. The van der Waals surface area contributed by atoms with Gasteiger partial charge in [0.2, 0.25) is 11.8 Å². The van der Waals surface area contributed by atoms with Gasteiger partial charge in [-0.2, -0.15) is 0 Å². The van der Waals surface area contributed by atoms with Crippen LogP contribution < -0.4 is 10.6 Å². The van der Waals surface area contributed by atoms with Crippen LogP contribution in [0.15, 0.2) is 30.8 Å². The Morgan fingerprint density at radius 3 is 2.32 bits per heavy atom. The average Bonchev–Trinajstić information content (AvgIpc) is 2.82. The van der Waals surface area contributed by atoms with E-state index < -0.39 is 23.8 Å². The second-order valence-electron chi connectivity index (χ2n) is 11.1. The van der Waals surface area contributed by atoms with Crippen molar-refractivity contribution < 1.29 is 19.1 Å². The minimum Gasteiger partial charge on any atom is -0.444 e. The van der Waals surface area contributed by atoms with Gasteiger partial charge in [0.1, 0.15) is 17.7 Å². The summed E-state index contributed by atoms with van der Waals surface area (Å²) in [7, 11) is 0. The first kappa shape index (κ1) is 32.2. The Bertz CT molecular complexity index is 891. The number of nitrogens with zero attached hydrogens (tertiary/aromatic N) is 1. The SMILES string of the molecule is C=Cc1cccc(C(C(=O)NCCCCC)N(C(=O)C(CC(C)C)NC(=O)OC(C)(C)C)C(C)CC)c1. The van der Waals surface area contributed by atoms with Crippen LogP contribution >= 0.6 is 0 Å². The fourth-order valence-corrected chi connectivity index (χ4v) is 4.10. The Hall–Kier alpha value is -2.83. The largest absolute Gasteiger partial charge is 0.444 e. The molecule has 1 aromatic rings. The molecule has 0 aromatic heterocycles. The molecule has 3 amide bonds. The summed E-state index contributed by atoms with van der Waals surface area (Å²) >= 11 is 0. The van der Waals surface area contributed by atoms with E-state index in [-0.39, 0.29) is 23.8 Å². The van der Waals surface area contributed by atoms with Gasteiger partial charge >= 0.3 is 6.09 Å². The van der Waals surface area contributed by atoms with Crippen LogP contribution in [0.5, 0.6) is 0 Å². The molecule has 7 nitrogen and oxygen atoms in total. The molecule has 0 bridgehead atoms. The summed E-state index contributed by atoms with van der Waals surface area (Å²) in [6, 6.07) is 5.61. The molecule has 0 fully saturated rings. The predicted octanol–water partition coefficient (Wildman–Crippen LogP) is 6.24. The molecular weight excluding hydrogens is 466 g/mol. The second-order valence-corrected chi connectivity index (χ2v) is 11.1. The van der Waals surface area contributed by atoms with E-state index in [1.807, 2.05) is 52.0 Å². The molecule has 0 heterocycles. The normalized spacial score (nSPS) is 13.9. The molecular formula is C30H49N3O4. The van der Waals surface area contributed by atoms with Crippen LogP contribution in [-0.2, 0) is 14.3 Å². The van der Waals surface area contributed by atoms with E-state index in [4.69, 9.17) is 4.74 Å². The summed E-state index contributed by atoms with van der Waals surface area (Å²) in [5.74, 6) is -0.397. The lowest BCUT2D eigenvalue weighted by Gasteiger charge is -2.38. The van der Waals surface area contributed by atoms with Crippen molar-refractivity contribution in [2.45, 2.75) is 111 Å². The minimum absolute atomic E-state index is 0.132. The van der Waals surface area contributed by atoms with Crippen molar-refractivity contribution in [2.24, 2.45) is 5.92 Å². The van der Waals surface area contributed by atoms with Gasteiger partial charge in [-0.1, -0.05) is 71.4 Å². The third-order valence-electron chi connectivity index (χ3n) is 6.08. The summed E-state index contributed by atoms with van der Waals surface area (Å²) in [6.45, 7) is 19.8. The van der Waals surface area contributed by atoms with E-state index in [0.717, 1.165) is 24.8 Å². The van der Waals surface area contributed by atoms with Crippen molar-refractivity contribution in [3.05, 3.63) is 42.0 Å². The molecule has 2 N–H and O–H groups in total. The van der Waals surface area contributed by atoms with Crippen LogP contribution in [0.1, 0.15) is 105 Å². The van der Waals surface area contributed by atoms with Crippen LogP contribution in [-0.4, -0.2) is 47.0 Å². The number of benzene rings is 1. The Labute approximate surface area is 224 Å². The Kier molecular flexibility index (Phi) is 13.4. The van der Waals surface area contributed by atoms with Gasteiger partial charge in [-0.25, -0.2) is 4.79 Å². The summed E-state index contributed by atoms with van der Waals surface area (Å²) < 4.78 is 5.45. The number of amides is 3. The molecule has 0 radical (unpaired) electrons. The van der Waals surface area contributed by atoms with Crippen LogP contribution in [0, 0.1) is 5.92 Å². The topological polar surface area (TPSA) is 87.7 Å². The lowest BCUT2D eigenvalue weighted by atomic mass is 9.96. The van der Waals surface area contributed by atoms with Gasteiger partial charge in [0.05, 0.1) is 0 Å². The molecule has 0 aliphatic carbocycles. The van der Waals surface area contributed by atoms with Crippen molar-refractivity contribution in [1.29, 1.82) is 0 Å². The summed E-state index contributed by atoms with van der Waals surface area (Å²) in [5.41, 5.74) is 0.876. The van der Waals surface area contributed by atoms with E-state index in [1.54, 1.807) is 31.7 Å². The van der Waals surface area contributed by atoms with Crippen LogP contribution in [0.2, 0.25) is 0 Å². The van der Waals surface area contributed by atoms with Crippen molar-refractivity contribution in [1.82, 2.24) is 15.5 Å². The average molecular weight is 516 g/mol. The molecule has 0 saturated carbocycles. The van der Waals surface area contributed by atoms with Gasteiger partial charge < -0.3 is 20.3 Å². The molecule has 7 heteroatoms. The molecule has 0 aliphatic heterocycles. The van der Waals surface area contributed by atoms with Crippen molar-refractivity contribution in [2.75, 3.05) is 6.54 Å². The smallest absolute Gasteiger partial charge is 0.408 e. The third-order valence-corrected chi connectivity index (χ3v) is 6.08. The first-order valence-corrected chi connectivity index (χ1v) is 13.7. The highest BCUT2D eigenvalue weighted by molar-refractivity contribution is 5.92. The van der Waals surface area contributed by atoms with Gasteiger partial charge in [0, 0.05) is 12.6 Å². The number of hydrogen-bond acceptors (Lipinski definition) is 4. The highest BCUT2D eigenvalue weighted by Gasteiger charge is 2.38. The maximum Gasteiger partial charge on any atom is 0.408 e. The standard InChI is InChI=1S/C30H49N3O4/c1-10-13-14-18-31-27(34)26(24-17-15-16-23(12-3)20-24)33(22(6)11-2)28(35)25(19-21(4)5)32-29(36)37-30(7,8)9/h12,15-17,20-22,25-26H,3,10-11,13-14,18-19H2,1-2,4-9H3,(H,31,34)(H,32,36). The van der Waals surface area contributed by atoms with Gasteiger partial charge in [-0.05, 0) is 70.1 Å². The Balaban J connectivity index is 3.51. The number of unbranched alkanes of at least 4 members (excludes halogenated alkanes) is 2. The van der Waals surface area contributed by atoms with Crippen molar-refractivity contribution in [3.8, 4) is 0 Å². The van der Waals surface area contributed by atoms with Gasteiger partial charge in [-0.15, -0.1) is 0 Å². The molecule has 1 rings (SSSR count). The van der Waals surface area contributed by atoms with Crippen LogP contribution in [0.25, 0.3) is 6.08 Å². The Morgan fingerprint density at radius 1 is 1.11 bits per heavy atom. The highest BCUT2D eigenvalue weighted by Crippen LogP contribution is 2.28. The maximum atomic E-state index is 14.2. The molecule has 208 valence electrons. The molecule has 1 aromatic carbocycles. The number of alkyl carbamates (subject to hydrolysis) is 1. The van der Waals surface area contributed by atoms with E-state index >= 15 is 0 Å². The third kappa shape index (κ3) is 11.0. The zero-order chi connectivity index (χ0) is 28.2. The van der Waals surface area contributed by atoms with Crippen LogP contribution in [0.3, 0.4) is 0 Å². The molecule has 3 unspecified atom stereocenters. The van der Waals surface area contributed by atoms with Gasteiger partial charge in [0.25, 0.3) is 0 Å². The lowest BCUT2D eigenvalue weighted by Crippen LogP contribution is -2.55. The first-order chi connectivity index (χ1) is 17.3. The molecule has 0 spiro atoms. The fourth-order valence-electron chi connectivity index (χ4n) is 4.10. The number of ether oxygens (including phenoxy) is 1. The highest BCUT2D eigenvalue weighted by atomic mass is 16.6. The minimum atomic E-state index is -0.848. The number of nitrogens with one attached hydrogen (secondary N) is 2. The van der Waals surface area contributed by atoms with Gasteiger partial charge in [-0.3, -0.25) is 9.59 Å². The van der Waals surface area contributed by atoms with Crippen molar-refractivity contribution >= 4 is 24.0 Å². The predicted molar refractivity (Wildman–Crippen MR) is 151 cm³/mol. The number of carbonyl (C=O) groups is 3. The van der Waals surface area contributed by atoms with Crippen LogP contribution in [0.4, 0.5) is 4.79 Å². The van der Waals surface area contributed by atoms with E-state index in [9.17, 15) is 14.4 Å². The molecule has 0 aliphatic rings.